The molecule has 0 saturated carbocycles. The maximum Gasteiger partial charge on any atom is 0.133 e. The van der Waals surface area contributed by atoms with E-state index >= 15 is 0 Å². The number of hydrogen-bond donors (Lipinski definition) is 2. The molecule has 1 heterocycles. The molecule has 0 aliphatic heterocycles. The normalized spacial score (nSPS) is 14.4. The number of nitrogens with one attached hydrogen (secondary N) is 1. The van der Waals surface area contributed by atoms with Gasteiger partial charge in [0, 0.05) is 17.6 Å². The van der Waals surface area contributed by atoms with E-state index in [-0.39, 0.29) is 6.04 Å². The van der Waals surface area contributed by atoms with E-state index in [0.717, 1.165) is 5.56 Å². The van der Waals surface area contributed by atoms with Crippen molar-refractivity contribution in [1.82, 2.24) is 5.32 Å². The molecule has 0 spiro atoms. The lowest BCUT2D eigenvalue weighted by molar-refractivity contribution is 0.144. The minimum absolute atomic E-state index is 0.119. The summed E-state index contributed by atoms with van der Waals surface area (Å²) in [5.74, 6) is 0.570. The van der Waals surface area contributed by atoms with Gasteiger partial charge < -0.3 is 14.8 Å². The van der Waals surface area contributed by atoms with Crippen molar-refractivity contribution in [3.05, 3.63) is 59.0 Å². The van der Waals surface area contributed by atoms with Crippen LogP contribution < -0.4 is 5.32 Å². The first-order valence-corrected chi connectivity index (χ1v) is 6.25. The van der Waals surface area contributed by atoms with Crippen LogP contribution in [0.5, 0.6) is 0 Å². The summed E-state index contributed by atoms with van der Waals surface area (Å²) in [7, 11) is 0. The summed E-state index contributed by atoms with van der Waals surface area (Å²) >= 11 is 5.94. The monoisotopic (exact) mass is 265 g/mol. The average Bonchev–Trinajstić information content (AvgIpc) is 2.89. The predicted molar refractivity (Wildman–Crippen MR) is 71.5 cm³/mol. The van der Waals surface area contributed by atoms with Gasteiger partial charge in [-0.25, -0.2) is 0 Å². The number of aliphatic hydroxyl groups excluding tert-OH is 1. The molecule has 18 heavy (non-hydrogen) atoms. The van der Waals surface area contributed by atoms with Gasteiger partial charge in [0.1, 0.15) is 11.9 Å². The molecule has 2 aromatic rings. The predicted octanol–water partition coefficient (Wildman–Crippen LogP) is 3.32. The minimum atomic E-state index is -0.637. The Bertz CT molecular complexity index is 484. The second-order valence-corrected chi connectivity index (χ2v) is 4.65. The van der Waals surface area contributed by atoms with Crippen molar-refractivity contribution >= 4 is 11.6 Å². The van der Waals surface area contributed by atoms with Gasteiger partial charge in [0.25, 0.3) is 0 Å². The number of benzene rings is 1. The number of hydrogen-bond acceptors (Lipinski definition) is 3. The van der Waals surface area contributed by atoms with E-state index in [4.69, 9.17) is 16.0 Å². The summed E-state index contributed by atoms with van der Waals surface area (Å²) in [6.45, 7) is 2.46. The fraction of sp³-hybridized carbons (Fsp3) is 0.286. The maximum absolute atomic E-state index is 9.88. The fourth-order valence-corrected chi connectivity index (χ4v) is 1.96. The first-order chi connectivity index (χ1) is 8.66. The summed E-state index contributed by atoms with van der Waals surface area (Å²) in [4.78, 5) is 0. The van der Waals surface area contributed by atoms with Crippen LogP contribution in [0.3, 0.4) is 0 Å². The zero-order valence-corrected chi connectivity index (χ0v) is 10.9. The number of halogens is 1. The van der Waals surface area contributed by atoms with Gasteiger partial charge in [0.15, 0.2) is 0 Å². The molecule has 0 aliphatic carbocycles. The molecule has 0 bridgehead atoms. The Morgan fingerprint density at radius 3 is 2.83 bits per heavy atom. The molecule has 2 rings (SSSR count). The SMILES string of the molecule is C[C@H](NCC(O)c1ccco1)c1cccc(Cl)c1. The van der Waals surface area contributed by atoms with Crippen LogP contribution in [0.2, 0.25) is 5.02 Å². The molecule has 0 amide bonds. The fourth-order valence-electron chi connectivity index (χ4n) is 1.76. The zero-order chi connectivity index (χ0) is 13.0. The van der Waals surface area contributed by atoms with Crippen molar-refractivity contribution in [2.45, 2.75) is 19.1 Å². The van der Waals surface area contributed by atoms with E-state index in [2.05, 4.69) is 5.32 Å². The van der Waals surface area contributed by atoms with Crippen LogP contribution in [0.4, 0.5) is 0 Å². The van der Waals surface area contributed by atoms with Gasteiger partial charge in [-0.15, -0.1) is 0 Å². The van der Waals surface area contributed by atoms with Crippen molar-refractivity contribution in [2.24, 2.45) is 0 Å². The van der Waals surface area contributed by atoms with Crippen molar-refractivity contribution in [1.29, 1.82) is 0 Å². The van der Waals surface area contributed by atoms with Crippen molar-refractivity contribution in [2.75, 3.05) is 6.54 Å². The lowest BCUT2D eigenvalue weighted by Crippen LogP contribution is -2.24. The maximum atomic E-state index is 9.88. The van der Waals surface area contributed by atoms with Crippen LogP contribution in [0.1, 0.15) is 30.4 Å². The zero-order valence-electron chi connectivity index (χ0n) is 10.1. The van der Waals surface area contributed by atoms with Crippen LogP contribution in [0.15, 0.2) is 47.1 Å². The largest absolute Gasteiger partial charge is 0.467 e. The van der Waals surface area contributed by atoms with Gasteiger partial charge in [0.05, 0.1) is 6.26 Å². The minimum Gasteiger partial charge on any atom is -0.467 e. The Balaban J connectivity index is 1.90. The van der Waals surface area contributed by atoms with Crippen molar-refractivity contribution in [3.63, 3.8) is 0 Å². The highest BCUT2D eigenvalue weighted by Crippen LogP contribution is 2.18. The van der Waals surface area contributed by atoms with E-state index in [1.54, 1.807) is 18.4 Å². The van der Waals surface area contributed by atoms with Crippen LogP contribution in [0.25, 0.3) is 0 Å². The van der Waals surface area contributed by atoms with E-state index in [0.29, 0.717) is 17.3 Å². The van der Waals surface area contributed by atoms with E-state index in [1.165, 1.54) is 0 Å². The lowest BCUT2D eigenvalue weighted by Gasteiger charge is -2.16. The van der Waals surface area contributed by atoms with Gasteiger partial charge in [-0.1, -0.05) is 23.7 Å². The van der Waals surface area contributed by atoms with E-state index < -0.39 is 6.10 Å². The van der Waals surface area contributed by atoms with Crippen LogP contribution >= 0.6 is 11.6 Å². The highest BCUT2D eigenvalue weighted by molar-refractivity contribution is 6.30. The van der Waals surface area contributed by atoms with Crippen molar-refractivity contribution in [3.8, 4) is 0 Å². The molecule has 0 radical (unpaired) electrons. The molecule has 2 atom stereocenters. The molecule has 2 N–H and O–H groups in total. The van der Waals surface area contributed by atoms with Gasteiger partial charge in [-0.05, 0) is 36.8 Å². The Kier molecular flexibility index (Phi) is 4.42. The molecule has 0 saturated heterocycles. The number of rotatable bonds is 5. The Labute approximate surface area is 111 Å². The molecular formula is C14H16ClNO2. The number of furan rings is 1. The summed E-state index contributed by atoms with van der Waals surface area (Å²) in [5.41, 5.74) is 1.09. The highest BCUT2D eigenvalue weighted by Gasteiger charge is 2.12. The summed E-state index contributed by atoms with van der Waals surface area (Å²) in [6, 6.07) is 11.3. The third-order valence-electron chi connectivity index (χ3n) is 2.84. The first-order valence-electron chi connectivity index (χ1n) is 5.87. The van der Waals surface area contributed by atoms with Crippen LogP contribution in [0, 0.1) is 0 Å². The first kappa shape index (κ1) is 13.1. The van der Waals surface area contributed by atoms with Gasteiger partial charge in [-0.3, -0.25) is 0 Å². The van der Waals surface area contributed by atoms with Gasteiger partial charge >= 0.3 is 0 Å². The smallest absolute Gasteiger partial charge is 0.133 e. The van der Waals surface area contributed by atoms with Crippen molar-refractivity contribution < 1.29 is 9.52 Å². The second-order valence-electron chi connectivity index (χ2n) is 4.22. The summed E-state index contributed by atoms with van der Waals surface area (Å²) < 4.78 is 5.14. The Morgan fingerprint density at radius 1 is 1.33 bits per heavy atom. The third-order valence-corrected chi connectivity index (χ3v) is 3.07. The molecule has 0 fully saturated rings. The highest BCUT2D eigenvalue weighted by atomic mass is 35.5. The topological polar surface area (TPSA) is 45.4 Å². The molecular weight excluding hydrogens is 250 g/mol. The molecule has 96 valence electrons. The van der Waals surface area contributed by atoms with Gasteiger partial charge in [-0.2, -0.15) is 0 Å². The average molecular weight is 266 g/mol. The molecule has 3 nitrogen and oxygen atoms in total. The standard InChI is InChI=1S/C14H16ClNO2/c1-10(11-4-2-5-12(15)8-11)16-9-13(17)14-6-3-7-18-14/h2-8,10,13,16-17H,9H2,1H3/t10-,13?/m0/s1. The van der Waals surface area contributed by atoms with E-state index in [9.17, 15) is 5.11 Å². The number of aliphatic hydroxyl groups is 1. The quantitative estimate of drug-likeness (QED) is 0.872. The summed E-state index contributed by atoms with van der Waals surface area (Å²) in [6.07, 6.45) is 0.917. The van der Waals surface area contributed by atoms with Crippen LogP contribution in [-0.4, -0.2) is 11.7 Å². The van der Waals surface area contributed by atoms with Gasteiger partial charge in [0.2, 0.25) is 0 Å². The van der Waals surface area contributed by atoms with E-state index in [1.807, 2.05) is 31.2 Å². The Hall–Kier alpha value is -1.29. The lowest BCUT2D eigenvalue weighted by atomic mass is 10.1. The molecule has 1 aromatic carbocycles. The third kappa shape index (κ3) is 3.35. The molecule has 1 unspecified atom stereocenters. The molecule has 0 aliphatic rings. The van der Waals surface area contributed by atoms with Crippen LogP contribution in [-0.2, 0) is 0 Å². The Morgan fingerprint density at radius 2 is 2.17 bits per heavy atom. The molecule has 1 aromatic heterocycles. The second kappa shape index (κ2) is 6.05. The molecule has 4 heteroatoms. The summed E-state index contributed by atoms with van der Waals surface area (Å²) in [5, 5.41) is 13.8.